The molecule has 1 fully saturated rings. The maximum atomic E-state index is 13.8. The number of hydrogen-bond donors (Lipinski definition) is 1. The molecule has 0 saturated carbocycles. The first kappa shape index (κ1) is 13.9. The highest BCUT2D eigenvalue weighted by Crippen LogP contribution is 2.29. The van der Waals surface area contributed by atoms with Gasteiger partial charge in [-0.25, -0.2) is 4.39 Å². The lowest BCUT2D eigenvalue weighted by Crippen LogP contribution is -2.31. The molecule has 1 N–H and O–H groups in total. The van der Waals surface area contributed by atoms with Crippen LogP contribution < -0.4 is 5.48 Å². The van der Waals surface area contributed by atoms with Crippen LogP contribution in [0.4, 0.5) is 4.39 Å². The van der Waals surface area contributed by atoms with Gasteiger partial charge in [0.05, 0.1) is 12.3 Å². The number of rotatable bonds is 2. The van der Waals surface area contributed by atoms with Crippen molar-refractivity contribution in [2.24, 2.45) is 0 Å². The molecule has 2 aliphatic rings. The fourth-order valence-electron chi connectivity index (χ4n) is 2.16. The van der Waals surface area contributed by atoms with Crippen LogP contribution in [0.5, 0.6) is 0 Å². The Morgan fingerprint density at radius 2 is 2.30 bits per heavy atom. The Bertz CT molecular complexity index is 565. The molecule has 0 aliphatic carbocycles. The second kappa shape index (κ2) is 5.07. The molecule has 3 rings (SSSR count). The normalized spacial score (nSPS) is 28.3. The van der Waals surface area contributed by atoms with Gasteiger partial charge in [0.15, 0.2) is 11.6 Å². The van der Waals surface area contributed by atoms with E-state index in [9.17, 15) is 4.39 Å². The van der Waals surface area contributed by atoms with Crippen LogP contribution in [0.2, 0.25) is 0 Å². The van der Waals surface area contributed by atoms with Crippen LogP contribution in [-0.4, -0.2) is 29.6 Å². The van der Waals surface area contributed by atoms with Crippen LogP contribution in [0, 0.1) is 5.82 Å². The molecule has 0 spiro atoms. The van der Waals surface area contributed by atoms with Crippen molar-refractivity contribution < 1.29 is 18.7 Å². The van der Waals surface area contributed by atoms with Gasteiger partial charge in [0.2, 0.25) is 0 Å². The molecular formula is C13H14BrFN2O3. The molecule has 7 heteroatoms. The van der Waals surface area contributed by atoms with Gasteiger partial charge in [-0.1, -0.05) is 0 Å². The molecule has 0 bridgehead atoms. The van der Waals surface area contributed by atoms with Gasteiger partial charge in [-0.05, 0) is 41.9 Å². The van der Waals surface area contributed by atoms with E-state index in [0.29, 0.717) is 16.8 Å². The van der Waals surface area contributed by atoms with E-state index in [1.807, 2.05) is 13.8 Å². The molecule has 2 unspecified atom stereocenters. The van der Waals surface area contributed by atoms with E-state index >= 15 is 0 Å². The fourth-order valence-corrected chi connectivity index (χ4v) is 2.47. The van der Waals surface area contributed by atoms with Crippen molar-refractivity contribution >= 4 is 21.6 Å². The van der Waals surface area contributed by atoms with E-state index in [-0.39, 0.29) is 17.9 Å². The highest BCUT2D eigenvalue weighted by Gasteiger charge is 2.39. The van der Waals surface area contributed by atoms with Gasteiger partial charge < -0.3 is 9.47 Å². The summed E-state index contributed by atoms with van der Waals surface area (Å²) in [5.41, 5.74) is 3.41. The predicted octanol–water partition coefficient (Wildman–Crippen LogP) is 2.38. The minimum absolute atomic E-state index is 0.217. The second-order valence-corrected chi connectivity index (χ2v) is 6.03. The highest BCUT2D eigenvalue weighted by molar-refractivity contribution is 9.10. The lowest BCUT2D eigenvalue weighted by atomic mass is 10.1. The van der Waals surface area contributed by atoms with Crippen LogP contribution in [0.15, 0.2) is 22.8 Å². The van der Waals surface area contributed by atoms with E-state index < -0.39 is 11.6 Å². The van der Waals surface area contributed by atoms with Crippen molar-refractivity contribution in [2.45, 2.75) is 31.8 Å². The van der Waals surface area contributed by atoms with Crippen molar-refractivity contribution in [1.29, 1.82) is 0 Å². The van der Waals surface area contributed by atoms with Gasteiger partial charge in [0.25, 0.3) is 0 Å². The van der Waals surface area contributed by atoms with Crippen molar-refractivity contribution in [3.63, 3.8) is 0 Å². The molecule has 0 aromatic carbocycles. The molecule has 1 aromatic heterocycles. The van der Waals surface area contributed by atoms with Gasteiger partial charge in [0, 0.05) is 10.7 Å². The number of halogens is 2. The number of aromatic nitrogens is 1. The molecule has 20 heavy (non-hydrogen) atoms. The summed E-state index contributed by atoms with van der Waals surface area (Å²) in [6.07, 6.45) is 2.73. The Hall–Kier alpha value is -1.02. The fraction of sp³-hybridized carbons (Fsp3) is 0.462. The third-order valence-corrected chi connectivity index (χ3v) is 3.53. The van der Waals surface area contributed by atoms with Crippen molar-refractivity contribution in [1.82, 2.24) is 10.5 Å². The molecule has 3 heterocycles. The van der Waals surface area contributed by atoms with Crippen LogP contribution in [0.1, 0.15) is 19.5 Å². The summed E-state index contributed by atoms with van der Waals surface area (Å²) >= 11 is 3.17. The van der Waals surface area contributed by atoms with E-state index in [4.69, 9.17) is 14.3 Å². The lowest BCUT2D eigenvalue weighted by Gasteiger charge is -2.18. The largest absolute Gasteiger partial charge is 0.348 e. The summed E-state index contributed by atoms with van der Waals surface area (Å²) in [5.74, 6) is -1.04. The predicted molar refractivity (Wildman–Crippen MR) is 72.8 cm³/mol. The number of hydroxylamine groups is 1. The monoisotopic (exact) mass is 344 g/mol. The summed E-state index contributed by atoms with van der Waals surface area (Å²) in [6, 6.07) is 1.36. The molecule has 0 radical (unpaired) electrons. The van der Waals surface area contributed by atoms with Crippen LogP contribution in [-0.2, 0) is 14.3 Å². The first-order valence-electron chi connectivity index (χ1n) is 6.21. The summed E-state index contributed by atoms with van der Waals surface area (Å²) in [4.78, 5) is 9.46. The van der Waals surface area contributed by atoms with Gasteiger partial charge in [-0.15, -0.1) is 0 Å². The zero-order chi connectivity index (χ0) is 14.3. The Morgan fingerprint density at radius 3 is 2.95 bits per heavy atom. The topological polar surface area (TPSA) is 52.6 Å². The molecule has 2 aliphatic heterocycles. The number of nitrogens with zero attached hydrogens (tertiary/aromatic N) is 1. The smallest absolute Gasteiger partial charge is 0.163 e. The first-order valence-corrected chi connectivity index (χ1v) is 7.00. The van der Waals surface area contributed by atoms with Crippen molar-refractivity contribution in [3.05, 3.63) is 34.3 Å². The Balaban J connectivity index is 1.78. The van der Waals surface area contributed by atoms with E-state index in [1.165, 1.54) is 12.3 Å². The molecule has 108 valence electrons. The minimum Gasteiger partial charge on any atom is -0.348 e. The molecule has 5 nitrogen and oxygen atoms in total. The third kappa shape index (κ3) is 2.71. The summed E-state index contributed by atoms with van der Waals surface area (Å²) < 4.78 is 25.6. The van der Waals surface area contributed by atoms with Gasteiger partial charge >= 0.3 is 0 Å². The van der Waals surface area contributed by atoms with Gasteiger partial charge in [-0.2, -0.15) is 0 Å². The average molecular weight is 345 g/mol. The zero-order valence-corrected chi connectivity index (χ0v) is 12.6. The molecule has 1 aromatic rings. The van der Waals surface area contributed by atoms with Crippen molar-refractivity contribution in [2.75, 3.05) is 6.61 Å². The molecular weight excluding hydrogens is 331 g/mol. The molecule has 2 atom stereocenters. The third-order valence-electron chi connectivity index (χ3n) is 3.10. The highest BCUT2D eigenvalue weighted by atomic mass is 79.9. The lowest BCUT2D eigenvalue weighted by molar-refractivity contribution is -0.153. The standard InChI is InChI=1S/C13H14BrFN2O3/c1-13(2)18-6-11(19-13)10-4-9(17-20-10)12-8(15)3-7(14)5-16-12/h3-5,10-11,17H,6H2,1-2H3. The number of ether oxygens (including phenoxy) is 2. The summed E-state index contributed by atoms with van der Waals surface area (Å²) in [6.45, 7) is 4.12. The number of hydrogen-bond acceptors (Lipinski definition) is 5. The summed E-state index contributed by atoms with van der Waals surface area (Å²) in [5, 5.41) is 0. The van der Waals surface area contributed by atoms with Gasteiger partial charge in [-0.3, -0.25) is 15.3 Å². The van der Waals surface area contributed by atoms with Gasteiger partial charge in [0.1, 0.15) is 17.9 Å². The zero-order valence-electron chi connectivity index (χ0n) is 11.0. The van der Waals surface area contributed by atoms with Crippen LogP contribution in [0.3, 0.4) is 0 Å². The maximum Gasteiger partial charge on any atom is 0.163 e. The van der Waals surface area contributed by atoms with E-state index in [1.54, 1.807) is 6.08 Å². The number of pyridine rings is 1. The molecule has 1 saturated heterocycles. The average Bonchev–Trinajstić information content (AvgIpc) is 2.95. The molecule has 0 amide bonds. The number of nitrogens with one attached hydrogen (secondary N) is 1. The Morgan fingerprint density at radius 1 is 1.50 bits per heavy atom. The van der Waals surface area contributed by atoms with Crippen LogP contribution in [0.25, 0.3) is 5.70 Å². The van der Waals surface area contributed by atoms with E-state index in [0.717, 1.165) is 0 Å². The SMILES string of the molecule is CC1(C)OCC(C2C=C(c3ncc(Br)cc3F)NO2)O1. The minimum atomic E-state index is -0.619. The van der Waals surface area contributed by atoms with E-state index in [2.05, 4.69) is 26.4 Å². The second-order valence-electron chi connectivity index (χ2n) is 5.12. The quantitative estimate of drug-likeness (QED) is 0.892. The summed E-state index contributed by atoms with van der Waals surface area (Å²) in [7, 11) is 0. The van der Waals surface area contributed by atoms with Crippen LogP contribution >= 0.6 is 15.9 Å². The first-order chi connectivity index (χ1) is 9.44. The Kier molecular flexibility index (Phi) is 3.53. The van der Waals surface area contributed by atoms with Crippen molar-refractivity contribution in [3.8, 4) is 0 Å². The Labute approximate surface area is 124 Å². The maximum absolute atomic E-state index is 13.8.